The molecule has 18 heavy (non-hydrogen) atoms. The van der Waals surface area contributed by atoms with Crippen LogP contribution >= 0.6 is 47.8 Å². The molecule has 1 aromatic rings. The van der Waals surface area contributed by atoms with Crippen LogP contribution in [0.25, 0.3) is 0 Å². The number of hydrogen-bond donors (Lipinski definition) is 1. The Labute approximate surface area is 130 Å². The normalized spacial score (nSPS) is 13.4. The van der Waals surface area contributed by atoms with Crippen molar-refractivity contribution in [2.75, 3.05) is 13.2 Å². The van der Waals surface area contributed by atoms with Crippen LogP contribution in [0.4, 0.5) is 0 Å². The van der Waals surface area contributed by atoms with E-state index in [0.29, 0.717) is 18.7 Å². The average Bonchev–Trinajstić information content (AvgIpc) is 2.75. The van der Waals surface area contributed by atoms with Crippen LogP contribution in [-0.2, 0) is 4.79 Å². The number of carboxylic acid groups (broad SMARTS) is 1. The first kappa shape index (κ1) is 14.2. The molecular formula is C10H7BBr3N2O2+. The predicted molar refractivity (Wildman–Crippen MR) is 78.9 cm³/mol. The van der Waals surface area contributed by atoms with Crippen LogP contribution in [0.2, 0.25) is 0 Å². The van der Waals surface area contributed by atoms with Gasteiger partial charge in [-0.05, 0) is 53.3 Å². The van der Waals surface area contributed by atoms with Gasteiger partial charge in [0.2, 0.25) is 12.0 Å². The molecule has 1 aliphatic rings. The van der Waals surface area contributed by atoms with Crippen molar-refractivity contribution in [1.82, 2.24) is 4.58 Å². The molecule has 1 aromatic carbocycles. The first-order valence-electron chi connectivity index (χ1n) is 5.03. The van der Waals surface area contributed by atoms with Crippen LogP contribution in [0.1, 0.15) is 6.42 Å². The van der Waals surface area contributed by atoms with E-state index in [2.05, 4.69) is 52.8 Å². The summed E-state index contributed by atoms with van der Waals surface area (Å²) in [7, 11) is 6.05. The zero-order valence-electron chi connectivity index (χ0n) is 9.08. The minimum atomic E-state index is -0.836. The molecule has 1 aliphatic heterocycles. The van der Waals surface area contributed by atoms with Gasteiger partial charge in [-0.1, -0.05) is 0 Å². The van der Waals surface area contributed by atoms with Gasteiger partial charge in [0.25, 0.3) is 0 Å². The summed E-state index contributed by atoms with van der Waals surface area (Å²) in [6.07, 6.45) is 0.0553. The predicted octanol–water partition coefficient (Wildman–Crippen LogP) is 0.324. The van der Waals surface area contributed by atoms with E-state index >= 15 is 0 Å². The van der Waals surface area contributed by atoms with Gasteiger partial charge in [0.1, 0.15) is 19.6 Å². The third-order valence-corrected chi connectivity index (χ3v) is 6.07. The number of rotatable bonds is 3. The zero-order valence-corrected chi connectivity index (χ0v) is 13.8. The van der Waals surface area contributed by atoms with E-state index in [9.17, 15) is 4.79 Å². The van der Waals surface area contributed by atoms with Crippen LogP contribution in [0.5, 0.6) is 0 Å². The summed E-state index contributed by atoms with van der Waals surface area (Å²) >= 11 is 10.3. The van der Waals surface area contributed by atoms with Gasteiger partial charge in [-0.25, -0.2) is 9.57 Å². The molecule has 0 saturated carbocycles. The van der Waals surface area contributed by atoms with Crippen molar-refractivity contribution in [3.8, 4) is 0 Å². The number of carboxylic acids is 1. The summed E-state index contributed by atoms with van der Waals surface area (Å²) in [5.41, 5.74) is 0.562. The molecule has 2 radical (unpaired) electrons. The van der Waals surface area contributed by atoms with E-state index in [1.54, 1.807) is 0 Å². The highest BCUT2D eigenvalue weighted by atomic mass is 79.9. The number of carbonyl (C=O) groups is 1. The van der Waals surface area contributed by atoms with Crippen molar-refractivity contribution in [2.45, 2.75) is 6.42 Å². The van der Waals surface area contributed by atoms with Crippen LogP contribution in [0.15, 0.2) is 18.4 Å². The summed E-state index contributed by atoms with van der Waals surface area (Å²) in [5, 5.41) is 10.3. The molecule has 0 unspecified atom stereocenters. The maximum Gasteiger partial charge on any atom is 0.309 e. The average molecular weight is 438 g/mol. The van der Waals surface area contributed by atoms with Crippen molar-refractivity contribution in [1.29, 1.82) is 0 Å². The van der Waals surface area contributed by atoms with Gasteiger partial charge < -0.3 is 5.11 Å². The smallest absolute Gasteiger partial charge is 0.309 e. The van der Waals surface area contributed by atoms with Crippen LogP contribution in [0, 0.1) is 0 Å². The number of aliphatic carboxylic acids is 1. The van der Waals surface area contributed by atoms with Gasteiger partial charge in [-0.15, -0.1) is 0 Å². The number of hydrogen-bond acceptors (Lipinski definition) is 2. The zero-order chi connectivity index (χ0) is 13.4. The highest BCUT2D eigenvalue weighted by molar-refractivity contribution is 9.14. The van der Waals surface area contributed by atoms with Gasteiger partial charge >= 0.3 is 5.97 Å². The summed E-state index contributed by atoms with van der Waals surface area (Å²) in [6, 6.07) is 0. The second kappa shape index (κ2) is 5.42. The van der Waals surface area contributed by atoms with E-state index in [1.807, 2.05) is 4.58 Å². The summed E-state index contributed by atoms with van der Waals surface area (Å²) in [6.45, 7) is 0.810. The third-order valence-electron chi connectivity index (χ3n) is 2.62. The second-order valence-corrected chi connectivity index (χ2v) is 6.14. The van der Waals surface area contributed by atoms with Gasteiger partial charge in [0, 0.05) is 8.95 Å². The molecule has 0 aliphatic carbocycles. The lowest BCUT2D eigenvalue weighted by molar-refractivity contribution is -0.136. The molecule has 0 spiro atoms. The molecule has 1 N–H and O–H groups in total. The van der Waals surface area contributed by atoms with Crippen molar-refractivity contribution < 1.29 is 9.90 Å². The van der Waals surface area contributed by atoms with E-state index in [-0.39, 0.29) is 6.42 Å². The molecule has 92 valence electrons. The topological polar surface area (TPSA) is 52.7 Å². The quantitative estimate of drug-likeness (QED) is 0.421. The number of fused-ring (bicyclic) bond motifs is 1. The Bertz CT molecular complexity index is 660. The fraction of sp³-hybridized carbons (Fsp3) is 0.300. The van der Waals surface area contributed by atoms with E-state index in [1.165, 1.54) is 0 Å². The van der Waals surface area contributed by atoms with E-state index in [0.717, 1.165) is 24.1 Å². The fourth-order valence-electron chi connectivity index (χ4n) is 1.76. The van der Waals surface area contributed by atoms with Crippen molar-refractivity contribution in [3.05, 3.63) is 24.1 Å². The molecule has 1 heterocycles. The van der Waals surface area contributed by atoms with Gasteiger partial charge in [0.15, 0.2) is 6.54 Å². The molecule has 0 atom stereocenters. The Kier molecular flexibility index (Phi) is 4.28. The standard InChI is InChI=1S/C10H6BBr3N2O2/c11-5-6(12)7(13)8(14)9-10(5)16(3-15-9)2-1-4(17)18/h1-3H2/p+1. The Hall–Kier alpha value is -0.205. The highest BCUT2D eigenvalue weighted by Gasteiger charge is 2.22. The van der Waals surface area contributed by atoms with Crippen molar-refractivity contribution in [3.63, 3.8) is 0 Å². The highest BCUT2D eigenvalue weighted by Crippen LogP contribution is 2.25. The lowest BCUT2D eigenvalue weighted by atomic mass is 9.95. The largest absolute Gasteiger partial charge is 0.481 e. The maximum atomic E-state index is 10.6. The molecule has 0 fully saturated rings. The molecule has 0 amide bonds. The molecule has 8 heteroatoms. The molecule has 2 rings (SSSR count). The molecule has 4 nitrogen and oxygen atoms in total. The second-order valence-electron chi connectivity index (χ2n) is 3.76. The SMILES string of the molecule is [B]c1c(Br)c(Br)c(Br)c2c1=[N+](CCC(=O)O)CN=2. The lowest BCUT2D eigenvalue weighted by Gasteiger charge is -2.03. The Balaban J connectivity index is 2.65. The van der Waals surface area contributed by atoms with Crippen molar-refractivity contribution in [2.24, 2.45) is 4.99 Å². The Morgan fingerprint density at radius 3 is 2.61 bits per heavy atom. The van der Waals surface area contributed by atoms with Crippen LogP contribution < -0.4 is 20.8 Å². The maximum absolute atomic E-state index is 10.6. The first-order chi connectivity index (χ1) is 8.43. The molecule has 0 saturated heterocycles. The molecule has 0 bridgehead atoms. The minimum Gasteiger partial charge on any atom is -0.481 e. The first-order valence-corrected chi connectivity index (χ1v) is 7.41. The Morgan fingerprint density at radius 1 is 1.33 bits per heavy atom. The molecule has 0 aromatic heterocycles. The molecular weight excluding hydrogens is 431 g/mol. The van der Waals surface area contributed by atoms with Gasteiger partial charge in [-0.3, -0.25) is 4.79 Å². The van der Waals surface area contributed by atoms with Gasteiger partial charge in [-0.2, -0.15) is 0 Å². The fourth-order valence-corrected chi connectivity index (χ4v) is 3.32. The monoisotopic (exact) mass is 435 g/mol. The number of nitrogens with zero attached hydrogens (tertiary/aromatic N) is 2. The third kappa shape index (κ3) is 2.42. The number of halogens is 3. The minimum absolute atomic E-state index is 0.0553. The van der Waals surface area contributed by atoms with Crippen LogP contribution in [-0.4, -0.2) is 32.1 Å². The number of benzene rings is 1. The van der Waals surface area contributed by atoms with E-state index < -0.39 is 5.97 Å². The van der Waals surface area contributed by atoms with Crippen LogP contribution in [0.3, 0.4) is 0 Å². The Morgan fingerprint density at radius 2 is 2.00 bits per heavy atom. The van der Waals surface area contributed by atoms with Gasteiger partial charge in [0.05, 0.1) is 4.47 Å². The van der Waals surface area contributed by atoms with E-state index in [4.69, 9.17) is 13.0 Å². The summed E-state index contributed by atoms with van der Waals surface area (Å²) in [4.78, 5) is 15.0. The summed E-state index contributed by atoms with van der Waals surface area (Å²) in [5.74, 6) is -0.836. The van der Waals surface area contributed by atoms with Crippen molar-refractivity contribution >= 4 is 67.1 Å². The summed E-state index contributed by atoms with van der Waals surface area (Å²) < 4.78 is 4.23. The lowest BCUT2D eigenvalue weighted by Crippen LogP contribution is -2.47.